The molecule has 1 atom stereocenters. The number of aliphatic hydroxyl groups is 1. The van der Waals surface area contributed by atoms with Gasteiger partial charge in [-0.3, -0.25) is 4.98 Å². The number of aromatic nitrogens is 1. The summed E-state index contributed by atoms with van der Waals surface area (Å²) >= 11 is 5.80. The smallest absolute Gasteiger partial charge is 0.106 e. The van der Waals surface area contributed by atoms with E-state index in [0.717, 1.165) is 16.8 Å². The number of pyridine rings is 1. The molecule has 1 heterocycles. The van der Waals surface area contributed by atoms with E-state index in [4.69, 9.17) is 11.6 Å². The second kappa shape index (κ2) is 4.64. The number of benzene rings is 1. The predicted molar refractivity (Wildman–Crippen MR) is 64.5 cm³/mol. The standard InChI is InChI=1S/C13H12ClNO/c1-9-12(3-2-8-15-9)13(16)10-4-6-11(14)7-5-10/h2-8,13,16H,1H3. The molecule has 0 spiro atoms. The zero-order valence-electron chi connectivity index (χ0n) is 8.89. The average Bonchev–Trinajstić information content (AvgIpc) is 2.30. The molecule has 0 aliphatic rings. The molecule has 0 aliphatic carbocycles. The largest absolute Gasteiger partial charge is 0.384 e. The van der Waals surface area contributed by atoms with E-state index < -0.39 is 6.10 Å². The molecule has 0 fully saturated rings. The summed E-state index contributed by atoms with van der Waals surface area (Å²) in [5.41, 5.74) is 2.48. The lowest BCUT2D eigenvalue weighted by atomic mass is 10.0. The maximum absolute atomic E-state index is 10.2. The van der Waals surface area contributed by atoms with Crippen molar-refractivity contribution in [2.24, 2.45) is 0 Å². The van der Waals surface area contributed by atoms with Gasteiger partial charge in [-0.2, -0.15) is 0 Å². The molecule has 0 amide bonds. The summed E-state index contributed by atoms with van der Waals surface area (Å²) in [6, 6.07) is 10.9. The van der Waals surface area contributed by atoms with Crippen LogP contribution in [0, 0.1) is 6.92 Å². The minimum Gasteiger partial charge on any atom is -0.384 e. The predicted octanol–water partition coefficient (Wildman–Crippen LogP) is 3.13. The topological polar surface area (TPSA) is 33.1 Å². The van der Waals surface area contributed by atoms with Gasteiger partial charge in [0.05, 0.1) is 0 Å². The lowest BCUT2D eigenvalue weighted by molar-refractivity contribution is 0.219. The van der Waals surface area contributed by atoms with Gasteiger partial charge in [-0.15, -0.1) is 0 Å². The van der Waals surface area contributed by atoms with Crippen LogP contribution in [0.3, 0.4) is 0 Å². The molecule has 1 aromatic heterocycles. The van der Waals surface area contributed by atoms with Crippen molar-refractivity contribution in [1.29, 1.82) is 0 Å². The Hall–Kier alpha value is -1.38. The van der Waals surface area contributed by atoms with Crippen LogP contribution < -0.4 is 0 Å². The Bertz CT molecular complexity index is 482. The van der Waals surface area contributed by atoms with Crippen LogP contribution in [0.5, 0.6) is 0 Å². The van der Waals surface area contributed by atoms with E-state index >= 15 is 0 Å². The third kappa shape index (κ3) is 2.23. The molecule has 0 aliphatic heterocycles. The van der Waals surface area contributed by atoms with Crippen LogP contribution in [-0.2, 0) is 0 Å². The fourth-order valence-electron chi connectivity index (χ4n) is 1.61. The second-order valence-electron chi connectivity index (χ2n) is 3.63. The summed E-state index contributed by atoms with van der Waals surface area (Å²) in [4.78, 5) is 4.16. The quantitative estimate of drug-likeness (QED) is 0.865. The van der Waals surface area contributed by atoms with Crippen LogP contribution >= 0.6 is 11.6 Å². The monoisotopic (exact) mass is 233 g/mol. The van der Waals surface area contributed by atoms with E-state index in [1.165, 1.54) is 0 Å². The van der Waals surface area contributed by atoms with Crippen LogP contribution in [0.4, 0.5) is 0 Å². The molecule has 1 unspecified atom stereocenters. The van der Waals surface area contributed by atoms with E-state index in [1.807, 2.05) is 31.2 Å². The number of aryl methyl sites for hydroxylation is 1. The van der Waals surface area contributed by atoms with E-state index in [1.54, 1.807) is 18.3 Å². The van der Waals surface area contributed by atoms with Crippen LogP contribution in [-0.4, -0.2) is 10.1 Å². The highest BCUT2D eigenvalue weighted by Gasteiger charge is 2.12. The summed E-state index contributed by atoms with van der Waals surface area (Å²) in [5, 5.41) is 10.8. The Balaban J connectivity index is 2.35. The van der Waals surface area contributed by atoms with Gasteiger partial charge in [0.1, 0.15) is 6.10 Å². The van der Waals surface area contributed by atoms with Crippen molar-refractivity contribution in [2.75, 3.05) is 0 Å². The zero-order chi connectivity index (χ0) is 11.5. The van der Waals surface area contributed by atoms with Crippen molar-refractivity contribution >= 4 is 11.6 Å². The van der Waals surface area contributed by atoms with Crippen molar-refractivity contribution in [3.05, 3.63) is 64.4 Å². The van der Waals surface area contributed by atoms with Crippen LogP contribution in [0.1, 0.15) is 22.9 Å². The number of hydrogen-bond acceptors (Lipinski definition) is 2. The van der Waals surface area contributed by atoms with Crippen molar-refractivity contribution in [1.82, 2.24) is 4.98 Å². The average molecular weight is 234 g/mol. The number of nitrogens with zero attached hydrogens (tertiary/aromatic N) is 1. The van der Waals surface area contributed by atoms with Gasteiger partial charge >= 0.3 is 0 Å². The van der Waals surface area contributed by atoms with Crippen molar-refractivity contribution in [3.63, 3.8) is 0 Å². The van der Waals surface area contributed by atoms with Crippen molar-refractivity contribution in [3.8, 4) is 0 Å². The summed E-state index contributed by atoms with van der Waals surface area (Å²) in [6.45, 7) is 1.88. The Morgan fingerprint density at radius 3 is 2.50 bits per heavy atom. The van der Waals surface area contributed by atoms with Crippen molar-refractivity contribution in [2.45, 2.75) is 13.0 Å². The zero-order valence-corrected chi connectivity index (χ0v) is 9.65. The highest BCUT2D eigenvalue weighted by atomic mass is 35.5. The van der Waals surface area contributed by atoms with Crippen LogP contribution in [0.2, 0.25) is 5.02 Å². The first kappa shape index (κ1) is 11.1. The molecule has 2 aromatic rings. The molecule has 2 nitrogen and oxygen atoms in total. The number of halogens is 1. The molecule has 2 rings (SSSR count). The summed E-state index contributed by atoms with van der Waals surface area (Å²) < 4.78 is 0. The molecule has 0 bridgehead atoms. The highest BCUT2D eigenvalue weighted by Crippen LogP contribution is 2.24. The van der Waals surface area contributed by atoms with Crippen LogP contribution in [0.15, 0.2) is 42.6 Å². The lowest BCUT2D eigenvalue weighted by Crippen LogP contribution is -2.02. The molecule has 0 saturated carbocycles. The number of aliphatic hydroxyl groups excluding tert-OH is 1. The van der Waals surface area contributed by atoms with Gasteiger partial charge in [0, 0.05) is 22.5 Å². The molecule has 1 aromatic carbocycles. The van der Waals surface area contributed by atoms with E-state index in [2.05, 4.69) is 4.98 Å². The SMILES string of the molecule is Cc1ncccc1C(O)c1ccc(Cl)cc1. The van der Waals surface area contributed by atoms with Gasteiger partial charge in [0.25, 0.3) is 0 Å². The highest BCUT2D eigenvalue weighted by molar-refractivity contribution is 6.30. The third-order valence-corrected chi connectivity index (χ3v) is 2.78. The Kier molecular flexibility index (Phi) is 3.22. The summed E-state index contributed by atoms with van der Waals surface area (Å²) in [5.74, 6) is 0. The number of hydrogen-bond donors (Lipinski definition) is 1. The molecule has 82 valence electrons. The van der Waals surface area contributed by atoms with Gasteiger partial charge < -0.3 is 5.11 Å². The Morgan fingerprint density at radius 2 is 1.88 bits per heavy atom. The molecule has 0 radical (unpaired) electrons. The molecule has 16 heavy (non-hydrogen) atoms. The minimum atomic E-state index is -0.647. The van der Waals surface area contributed by atoms with Gasteiger partial charge in [0.15, 0.2) is 0 Å². The maximum atomic E-state index is 10.2. The number of rotatable bonds is 2. The van der Waals surface area contributed by atoms with Gasteiger partial charge in [-0.05, 0) is 30.7 Å². The summed E-state index contributed by atoms with van der Waals surface area (Å²) in [6.07, 6.45) is 1.07. The summed E-state index contributed by atoms with van der Waals surface area (Å²) in [7, 11) is 0. The first-order chi connectivity index (χ1) is 7.68. The molecular formula is C13H12ClNO. The first-order valence-corrected chi connectivity index (χ1v) is 5.41. The molecular weight excluding hydrogens is 222 g/mol. The minimum absolute atomic E-state index is 0.647. The first-order valence-electron chi connectivity index (χ1n) is 5.03. The molecule has 1 N–H and O–H groups in total. The Morgan fingerprint density at radius 1 is 1.19 bits per heavy atom. The van der Waals surface area contributed by atoms with E-state index in [0.29, 0.717) is 5.02 Å². The molecule has 0 saturated heterocycles. The normalized spacial score (nSPS) is 12.4. The maximum Gasteiger partial charge on any atom is 0.106 e. The lowest BCUT2D eigenvalue weighted by Gasteiger charge is -2.13. The van der Waals surface area contributed by atoms with Crippen molar-refractivity contribution < 1.29 is 5.11 Å². The van der Waals surface area contributed by atoms with Gasteiger partial charge in [-0.1, -0.05) is 29.8 Å². The fourth-order valence-corrected chi connectivity index (χ4v) is 1.74. The van der Waals surface area contributed by atoms with Gasteiger partial charge in [0.2, 0.25) is 0 Å². The fraction of sp³-hybridized carbons (Fsp3) is 0.154. The van der Waals surface area contributed by atoms with Crippen LogP contribution in [0.25, 0.3) is 0 Å². The Labute approximate surface area is 99.5 Å². The van der Waals surface area contributed by atoms with E-state index in [9.17, 15) is 5.11 Å². The molecule has 3 heteroatoms. The third-order valence-electron chi connectivity index (χ3n) is 2.53. The van der Waals surface area contributed by atoms with E-state index in [-0.39, 0.29) is 0 Å². The second-order valence-corrected chi connectivity index (χ2v) is 4.07. The van der Waals surface area contributed by atoms with Gasteiger partial charge in [-0.25, -0.2) is 0 Å².